The third-order valence-corrected chi connectivity index (χ3v) is 9.85. The quantitative estimate of drug-likeness (QED) is 0.0203. The summed E-state index contributed by atoms with van der Waals surface area (Å²) in [5.41, 5.74) is 12.1. The minimum Gasteiger partial charge on any atom is -0.465 e. The number of hydrogen-bond acceptors (Lipinski definition) is 14. The molecule has 4 atom stereocenters. The van der Waals surface area contributed by atoms with Gasteiger partial charge in [-0.3, -0.25) is 19.2 Å². The van der Waals surface area contributed by atoms with Crippen LogP contribution in [0.5, 0.6) is 0 Å². The molecule has 1 saturated heterocycles. The molecule has 0 aromatic heterocycles. The van der Waals surface area contributed by atoms with Crippen LogP contribution in [0.4, 0.5) is 0 Å². The molecule has 0 aromatic rings. The molecule has 1 fully saturated rings. The molecule has 0 spiro atoms. The van der Waals surface area contributed by atoms with Crippen molar-refractivity contribution < 1.29 is 48.0 Å². The summed E-state index contributed by atoms with van der Waals surface area (Å²) in [4.78, 5) is 50.0. The molecule has 8 N–H and O–H groups in total. The van der Waals surface area contributed by atoms with Crippen LogP contribution in [0, 0.1) is 21.7 Å². The van der Waals surface area contributed by atoms with Gasteiger partial charge in [0, 0.05) is 32.7 Å². The molecule has 1 heterocycles. The largest absolute Gasteiger partial charge is 0.465 e. The van der Waals surface area contributed by atoms with E-state index in [-0.39, 0.29) is 120 Å². The zero-order chi connectivity index (χ0) is 43.3. The number of esters is 4. The first-order chi connectivity index (χ1) is 26.3. The van der Waals surface area contributed by atoms with Gasteiger partial charge in [0.2, 0.25) is 0 Å². The number of nitrogens with two attached hydrogens (primary N) is 3. The summed E-state index contributed by atoms with van der Waals surface area (Å²) in [5.74, 6) is -1.19. The van der Waals surface area contributed by atoms with E-state index in [2.05, 4.69) is 19.2 Å². The van der Waals surface area contributed by atoms with E-state index in [0.717, 1.165) is 51.4 Å². The topological polar surface area (TPSA) is 228 Å². The number of hydrogen-bond donors (Lipinski definition) is 5. The Hall–Kier alpha value is -2.36. The third kappa shape index (κ3) is 47.3. The van der Waals surface area contributed by atoms with Crippen molar-refractivity contribution in [2.24, 2.45) is 38.9 Å². The normalized spacial score (nSPS) is 13.5. The first-order valence-corrected chi connectivity index (χ1v) is 21.1. The Labute approximate surface area is 428 Å². The molecular formula is C54H132N4O10. The number of unbranched alkanes of at least 4 members (excludes halogenated alkanes) is 6. The van der Waals surface area contributed by atoms with Crippen molar-refractivity contribution in [1.29, 1.82) is 0 Å². The molecule has 68 heavy (non-hydrogen) atoms. The monoisotopic (exact) mass is 997 g/mol. The van der Waals surface area contributed by atoms with Crippen LogP contribution in [0.15, 0.2) is 0 Å². The Morgan fingerprint density at radius 1 is 0.559 bits per heavy atom. The van der Waals surface area contributed by atoms with E-state index in [1.54, 1.807) is 13.8 Å². The van der Waals surface area contributed by atoms with E-state index in [4.69, 9.17) is 40.9 Å². The Bertz CT molecular complexity index is 1070. The summed E-state index contributed by atoms with van der Waals surface area (Å²) < 4.78 is 26.6. The highest BCUT2D eigenvalue weighted by atomic mass is 16.6. The second kappa shape index (κ2) is 57.2. The fraction of sp³-hybridized carbons (Fsp3) is 0.926. The van der Waals surface area contributed by atoms with Crippen molar-refractivity contribution in [2.75, 3.05) is 65.8 Å². The van der Waals surface area contributed by atoms with Gasteiger partial charge in [-0.05, 0) is 80.1 Å². The van der Waals surface area contributed by atoms with Gasteiger partial charge in [-0.2, -0.15) is 0 Å². The summed E-state index contributed by atoms with van der Waals surface area (Å²) >= 11 is 0. The zero-order valence-electron chi connectivity index (χ0n) is 37.1. The summed E-state index contributed by atoms with van der Waals surface area (Å²) in [5, 5.41) is 12.8. The van der Waals surface area contributed by atoms with Gasteiger partial charge in [-0.25, -0.2) is 0 Å². The Morgan fingerprint density at radius 3 is 1.21 bits per heavy atom. The van der Waals surface area contributed by atoms with Crippen molar-refractivity contribution >= 4 is 23.9 Å². The molecule has 0 aromatic carbocycles. The molecule has 428 valence electrons. The summed E-state index contributed by atoms with van der Waals surface area (Å²) in [6.07, 6.45) is 9.66. The summed E-state index contributed by atoms with van der Waals surface area (Å²) in [6.45, 7) is 23.4. The highest BCUT2D eigenvalue weighted by Crippen LogP contribution is 2.40. The van der Waals surface area contributed by atoms with E-state index in [0.29, 0.717) is 84.8 Å². The van der Waals surface area contributed by atoms with Crippen molar-refractivity contribution in [2.45, 2.75) is 248 Å². The van der Waals surface area contributed by atoms with Crippen molar-refractivity contribution in [1.82, 2.24) is 5.32 Å². The molecule has 14 heteroatoms. The third-order valence-electron chi connectivity index (χ3n) is 9.85. The average molecular weight is 998 g/mol. The average Bonchev–Trinajstić information content (AvgIpc) is 4.00. The molecule has 0 saturated carbocycles. The number of carbonyl (C=O) groups excluding carboxylic acids is 4. The maximum Gasteiger partial charge on any atom is 0.311 e. The van der Waals surface area contributed by atoms with E-state index in [1.165, 1.54) is 0 Å². The first-order valence-electron chi connectivity index (χ1n) is 21.1. The van der Waals surface area contributed by atoms with Crippen LogP contribution in [0.1, 0.15) is 235 Å². The molecule has 0 amide bonds. The number of ether oxygens (including phenoxy) is 5. The van der Waals surface area contributed by atoms with Crippen LogP contribution < -0.4 is 22.5 Å². The zero-order valence-corrected chi connectivity index (χ0v) is 37.1. The van der Waals surface area contributed by atoms with Gasteiger partial charge < -0.3 is 51.3 Å². The van der Waals surface area contributed by atoms with E-state index >= 15 is 0 Å². The lowest BCUT2D eigenvalue weighted by Gasteiger charge is -2.33. The van der Waals surface area contributed by atoms with E-state index < -0.39 is 33.7 Å². The van der Waals surface area contributed by atoms with Crippen LogP contribution >= 0.6 is 0 Å². The van der Waals surface area contributed by atoms with E-state index in [1.807, 2.05) is 41.5 Å². The lowest BCUT2D eigenvalue weighted by atomic mass is 9.72. The Kier molecular flexibility index (Phi) is 86.5. The highest BCUT2D eigenvalue weighted by Gasteiger charge is 2.44. The predicted octanol–water partition coefficient (Wildman–Crippen LogP) is 12.8. The van der Waals surface area contributed by atoms with Gasteiger partial charge in [0.25, 0.3) is 0 Å². The SMILES string of the molecule is C.C.C.C.C.C.C.C.C.C.C.C.CCCCCCOC(=O)C(C)(CC)CC(C)(C)C(=O)OCC(O)CNCCN.CCCCCCOC(=O)C(C)(CC)CC(C)(C)C(=O)OCC1CO1.NCCN. The molecule has 1 aliphatic heterocycles. The molecule has 0 radical (unpaired) electrons. The Morgan fingerprint density at radius 2 is 0.912 bits per heavy atom. The number of aliphatic hydroxyl groups excluding tert-OH is 1. The number of aliphatic hydroxyl groups is 1. The molecule has 0 bridgehead atoms. The van der Waals surface area contributed by atoms with Gasteiger partial charge >= 0.3 is 23.9 Å². The first kappa shape index (κ1) is 103. The standard InChI is InChI=1S/C21H42N2O5.C19H34O5.C2H8N2.12CH4/c1-6-8-9-10-13-27-19(26)21(5,7-2)16-20(3,4)18(25)28-15-17(24)14-23-12-11-22;1-6-8-9-10-11-22-17(21)19(5,7-2)14-18(3,4)16(20)24-13-15-12-23-15;3-1-2-4;;;;;;;;;;;;/h17,23-24H,6-16,22H2,1-5H3;15H,6-14H2,1-5H3;1-4H2;12*1H4. The molecule has 14 nitrogen and oxygen atoms in total. The number of epoxide rings is 1. The van der Waals surface area contributed by atoms with Gasteiger partial charge in [0.1, 0.15) is 25.4 Å². The fourth-order valence-corrected chi connectivity index (χ4v) is 5.84. The maximum atomic E-state index is 12.6. The summed E-state index contributed by atoms with van der Waals surface area (Å²) in [6, 6.07) is 0. The molecule has 1 aliphatic rings. The molecule has 1 rings (SSSR count). The van der Waals surface area contributed by atoms with Crippen molar-refractivity contribution in [3.8, 4) is 0 Å². The predicted molar refractivity (Wildman–Crippen MR) is 302 cm³/mol. The van der Waals surface area contributed by atoms with Gasteiger partial charge in [0.05, 0.1) is 41.5 Å². The maximum absolute atomic E-state index is 12.6. The number of nitrogens with one attached hydrogen (secondary N) is 1. The van der Waals surface area contributed by atoms with Gasteiger partial charge in [-0.1, -0.05) is 155 Å². The van der Waals surface area contributed by atoms with Gasteiger partial charge in [-0.15, -0.1) is 0 Å². The summed E-state index contributed by atoms with van der Waals surface area (Å²) in [7, 11) is 0. The van der Waals surface area contributed by atoms with Gasteiger partial charge in [0.15, 0.2) is 0 Å². The van der Waals surface area contributed by atoms with Crippen LogP contribution in [-0.2, 0) is 42.9 Å². The smallest absolute Gasteiger partial charge is 0.311 e. The van der Waals surface area contributed by atoms with Crippen LogP contribution in [0.25, 0.3) is 0 Å². The van der Waals surface area contributed by atoms with Crippen molar-refractivity contribution in [3.63, 3.8) is 0 Å². The van der Waals surface area contributed by atoms with Crippen LogP contribution in [0.2, 0.25) is 0 Å². The minimum absolute atomic E-state index is 0. The second-order valence-corrected chi connectivity index (χ2v) is 16.7. The molecule has 4 unspecified atom stereocenters. The fourth-order valence-electron chi connectivity index (χ4n) is 5.84. The van der Waals surface area contributed by atoms with Crippen LogP contribution in [-0.4, -0.2) is 107 Å². The van der Waals surface area contributed by atoms with Crippen LogP contribution in [0.3, 0.4) is 0 Å². The minimum atomic E-state index is -0.865. The lowest BCUT2D eigenvalue weighted by Crippen LogP contribution is -2.40. The number of carbonyl (C=O) groups is 4. The molecular weight excluding hydrogens is 865 g/mol. The number of rotatable bonds is 29. The Balaban J connectivity index is -0.0000000570. The highest BCUT2D eigenvalue weighted by molar-refractivity contribution is 5.81. The lowest BCUT2D eigenvalue weighted by molar-refractivity contribution is -0.165. The molecule has 0 aliphatic carbocycles. The van der Waals surface area contributed by atoms with E-state index in [9.17, 15) is 24.3 Å². The van der Waals surface area contributed by atoms with Crippen molar-refractivity contribution in [3.05, 3.63) is 0 Å². The second-order valence-electron chi connectivity index (χ2n) is 16.7.